The number of benzene rings is 2. The third-order valence-electron chi connectivity index (χ3n) is 3.02. The molecule has 2 aromatic rings. The van der Waals surface area contributed by atoms with Crippen LogP contribution in [-0.2, 0) is 0 Å². The van der Waals surface area contributed by atoms with E-state index in [2.05, 4.69) is 0 Å². The molecule has 110 valence electrons. The average molecular weight is 292 g/mol. The smallest absolute Gasteiger partial charge is 0.392 e. The molecular weight excluding hydrogens is 277 g/mol. The highest BCUT2D eigenvalue weighted by atomic mass is 19.4. The lowest BCUT2D eigenvalue weighted by molar-refractivity contribution is -0.124. The summed E-state index contributed by atoms with van der Waals surface area (Å²) in [7, 11) is 1.55. The molecule has 4 heteroatoms. The van der Waals surface area contributed by atoms with Crippen molar-refractivity contribution < 1.29 is 17.9 Å². The average Bonchev–Trinajstić information content (AvgIpc) is 2.48. The van der Waals surface area contributed by atoms with Crippen molar-refractivity contribution in [2.45, 2.75) is 12.6 Å². The summed E-state index contributed by atoms with van der Waals surface area (Å²) >= 11 is 0. The Morgan fingerprint density at radius 1 is 0.952 bits per heavy atom. The zero-order valence-corrected chi connectivity index (χ0v) is 11.5. The minimum absolute atomic E-state index is 0.565. The van der Waals surface area contributed by atoms with Gasteiger partial charge in [-0.15, -0.1) is 0 Å². The van der Waals surface area contributed by atoms with E-state index in [4.69, 9.17) is 4.74 Å². The summed E-state index contributed by atoms with van der Waals surface area (Å²) in [6.07, 6.45) is -3.95. The van der Waals surface area contributed by atoms with Gasteiger partial charge in [-0.25, -0.2) is 0 Å². The maximum absolute atomic E-state index is 12.5. The van der Waals surface area contributed by atoms with E-state index in [0.29, 0.717) is 11.3 Å². The van der Waals surface area contributed by atoms with Gasteiger partial charge in [0.25, 0.3) is 0 Å². The fraction of sp³-hybridized carbons (Fsp3) is 0.176. The summed E-state index contributed by atoms with van der Waals surface area (Å²) in [5.74, 6) is 0.669. The molecular formula is C17H15F3O. The second-order valence-corrected chi connectivity index (χ2v) is 4.53. The molecule has 0 heterocycles. The summed E-state index contributed by atoms with van der Waals surface area (Å²) in [6.45, 7) is 0. The van der Waals surface area contributed by atoms with E-state index in [-0.39, 0.29) is 0 Å². The quantitative estimate of drug-likeness (QED) is 0.763. The fourth-order valence-corrected chi connectivity index (χ4v) is 2.01. The predicted molar refractivity (Wildman–Crippen MR) is 77.2 cm³/mol. The lowest BCUT2D eigenvalue weighted by Crippen LogP contribution is -2.05. The van der Waals surface area contributed by atoms with Gasteiger partial charge in [-0.3, -0.25) is 0 Å². The van der Waals surface area contributed by atoms with Crippen LogP contribution < -0.4 is 4.74 Å². The molecule has 0 spiro atoms. The van der Waals surface area contributed by atoms with Crippen LogP contribution in [0.5, 0.6) is 5.75 Å². The molecule has 0 amide bonds. The number of ether oxygens (including phenoxy) is 1. The SMILES string of the molecule is COc1ccc(C(=CCC(F)(F)F)c2ccccc2)cc1. The van der Waals surface area contributed by atoms with Crippen molar-refractivity contribution in [2.75, 3.05) is 7.11 Å². The van der Waals surface area contributed by atoms with E-state index in [1.807, 2.05) is 6.07 Å². The zero-order valence-electron chi connectivity index (χ0n) is 11.5. The third kappa shape index (κ3) is 4.38. The molecule has 0 N–H and O–H groups in total. The summed E-state index contributed by atoms with van der Waals surface area (Å²) < 4.78 is 42.6. The summed E-state index contributed by atoms with van der Waals surface area (Å²) in [6, 6.07) is 16.0. The molecule has 0 aliphatic heterocycles. The minimum Gasteiger partial charge on any atom is -0.497 e. The van der Waals surface area contributed by atoms with Crippen LogP contribution in [0.25, 0.3) is 5.57 Å². The Kier molecular flexibility index (Phi) is 4.68. The molecule has 21 heavy (non-hydrogen) atoms. The molecule has 2 rings (SSSR count). The normalized spacial score (nSPS) is 12.3. The minimum atomic E-state index is -4.22. The second-order valence-electron chi connectivity index (χ2n) is 4.53. The Bertz CT molecular complexity index is 598. The monoisotopic (exact) mass is 292 g/mol. The van der Waals surface area contributed by atoms with Crippen molar-refractivity contribution in [3.63, 3.8) is 0 Å². The Morgan fingerprint density at radius 3 is 2.05 bits per heavy atom. The highest BCUT2D eigenvalue weighted by molar-refractivity contribution is 5.79. The Hall–Kier alpha value is -2.23. The number of hydrogen-bond donors (Lipinski definition) is 0. The van der Waals surface area contributed by atoms with Crippen molar-refractivity contribution in [3.8, 4) is 5.75 Å². The molecule has 0 bridgehead atoms. The molecule has 2 aromatic carbocycles. The number of hydrogen-bond acceptors (Lipinski definition) is 1. The highest BCUT2D eigenvalue weighted by Gasteiger charge is 2.25. The second kappa shape index (κ2) is 6.48. The van der Waals surface area contributed by atoms with Gasteiger partial charge in [0.2, 0.25) is 0 Å². The molecule has 0 unspecified atom stereocenters. The van der Waals surface area contributed by atoms with Crippen LogP contribution in [-0.4, -0.2) is 13.3 Å². The molecule has 0 aliphatic rings. The molecule has 0 radical (unpaired) electrons. The molecule has 1 nitrogen and oxygen atoms in total. The zero-order chi connectivity index (χ0) is 15.3. The third-order valence-corrected chi connectivity index (χ3v) is 3.02. The lowest BCUT2D eigenvalue weighted by Gasteiger charge is -2.11. The number of allylic oxidation sites excluding steroid dienone is 1. The molecule has 0 saturated heterocycles. The van der Waals surface area contributed by atoms with Gasteiger partial charge in [0, 0.05) is 0 Å². The number of rotatable bonds is 4. The maximum Gasteiger partial charge on any atom is 0.392 e. The summed E-state index contributed by atoms with van der Waals surface area (Å²) in [4.78, 5) is 0. The van der Waals surface area contributed by atoms with Crippen LogP contribution in [0.3, 0.4) is 0 Å². The maximum atomic E-state index is 12.5. The largest absolute Gasteiger partial charge is 0.497 e. The van der Waals surface area contributed by atoms with Crippen LogP contribution in [0, 0.1) is 0 Å². The van der Waals surface area contributed by atoms with Crippen molar-refractivity contribution in [3.05, 3.63) is 71.8 Å². The standard InChI is InChI=1S/C17H15F3O/c1-21-15-9-7-14(8-10-15)16(11-12-17(18,19)20)13-5-3-2-4-6-13/h2-11H,12H2,1H3. The van der Waals surface area contributed by atoms with Gasteiger partial charge in [-0.1, -0.05) is 48.5 Å². The van der Waals surface area contributed by atoms with E-state index in [9.17, 15) is 13.2 Å². The van der Waals surface area contributed by atoms with Crippen LogP contribution >= 0.6 is 0 Å². The first-order chi connectivity index (χ1) is 9.99. The van der Waals surface area contributed by atoms with Crippen LogP contribution in [0.15, 0.2) is 60.7 Å². The van der Waals surface area contributed by atoms with Crippen LogP contribution in [0.1, 0.15) is 17.5 Å². The van der Waals surface area contributed by atoms with Gasteiger partial charge >= 0.3 is 6.18 Å². The van der Waals surface area contributed by atoms with Gasteiger partial charge in [0.15, 0.2) is 0 Å². The van der Waals surface area contributed by atoms with Crippen LogP contribution in [0.2, 0.25) is 0 Å². The topological polar surface area (TPSA) is 9.23 Å². The van der Waals surface area contributed by atoms with E-state index in [1.54, 1.807) is 55.6 Å². The summed E-state index contributed by atoms with van der Waals surface area (Å²) in [5.41, 5.74) is 2.05. The predicted octanol–water partition coefficient (Wildman–Crippen LogP) is 5.08. The van der Waals surface area contributed by atoms with Gasteiger partial charge in [-0.2, -0.15) is 13.2 Å². The number of methoxy groups -OCH3 is 1. The molecule has 0 aromatic heterocycles. The number of halogens is 3. The first kappa shape index (κ1) is 15.2. The van der Waals surface area contributed by atoms with E-state index >= 15 is 0 Å². The van der Waals surface area contributed by atoms with Gasteiger partial charge in [0.05, 0.1) is 13.5 Å². The Labute approximate surface area is 121 Å². The lowest BCUT2D eigenvalue weighted by atomic mass is 9.97. The van der Waals surface area contributed by atoms with Gasteiger partial charge in [0.1, 0.15) is 5.75 Å². The van der Waals surface area contributed by atoms with Crippen molar-refractivity contribution >= 4 is 5.57 Å². The van der Waals surface area contributed by atoms with E-state index in [0.717, 1.165) is 11.1 Å². The van der Waals surface area contributed by atoms with Crippen LogP contribution in [0.4, 0.5) is 13.2 Å². The van der Waals surface area contributed by atoms with Crippen molar-refractivity contribution in [2.24, 2.45) is 0 Å². The Balaban J connectivity index is 2.40. The van der Waals surface area contributed by atoms with Crippen molar-refractivity contribution in [1.29, 1.82) is 0 Å². The Morgan fingerprint density at radius 2 is 1.52 bits per heavy atom. The summed E-state index contributed by atoms with van der Waals surface area (Å²) in [5, 5.41) is 0. The molecule has 0 fully saturated rings. The van der Waals surface area contributed by atoms with Gasteiger partial charge in [-0.05, 0) is 28.8 Å². The number of alkyl halides is 3. The molecule has 0 saturated carbocycles. The van der Waals surface area contributed by atoms with E-state index in [1.165, 1.54) is 6.08 Å². The molecule has 0 aliphatic carbocycles. The van der Waals surface area contributed by atoms with Crippen molar-refractivity contribution in [1.82, 2.24) is 0 Å². The van der Waals surface area contributed by atoms with Gasteiger partial charge < -0.3 is 4.74 Å². The first-order valence-electron chi connectivity index (χ1n) is 6.46. The van der Waals surface area contributed by atoms with E-state index < -0.39 is 12.6 Å². The highest BCUT2D eigenvalue weighted by Crippen LogP contribution is 2.29. The first-order valence-corrected chi connectivity index (χ1v) is 6.46. The molecule has 0 atom stereocenters. The fourth-order valence-electron chi connectivity index (χ4n) is 2.01.